The van der Waals surface area contributed by atoms with Gasteiger partial charge in [0.1, 0.15) is 18.1 Å². The fraction of sp³-hybridized carbons (Fsp3) is 0.143. The molecule has 0 amide bonds. The summed E-state index contributed by atoms with van der Waals surface area (Å²) in [6.07, 6.45) is 0. The monoisotopic (exact) mass is 317 g/mol. The second kappa shape index (κ2) is 5.93. The number of rotatable bonds is 4. The number of aryl methyl sites for hydroxylation is 1. The number of aromatic amines is 1. The van der Waals surface area contributed by atoms with Crippen LogP contribution in [0.25, 0.3) is 21.8 Å². The van der Waals surface area contributed by atoms with Crippen LogP contribution in [0.5, 0.6) is 11.5 Å². The zero-order valence-corrected chi connectivity index (χ0v) is 13.8. The zero-order valence-electron chi connectivity index (χ0n) is 13.8. The van der Waals surface area contributed by atoms with Gasteiger partial charge in [-0.05, 0) is 36.8 Å². The molecule has 0 saturated heterocycles. The van der Waals surface area contributed by atoms with E-state index in [9.17, 15) is 0 Å². The topological polar surface area (TPSA) is 34.2 Å². The lowest BCUT2D eigenvalue weighted by Crippen LogP contribution is -1.97. The number of benzene rings is 3. The van der Waals surface area contributed by atoms with E-state index in [2.05, 4.69) is 42.2 Å². The van der Waals surface area contributed by atoms with E-state index in [0.717, 1.165) is 28.1 Å². The third-order valence-electron chi connectivity index (χ3n) is 4.43. The molecule has 0 saturated carbocycles. The van der Waals surface area contributed by atoms with Crippen molar-refractivity contribution in [1.29, 1.82) is 0 Å². The standard InChI is InChI=1S/C21H19NO2/c1-14-20(24-13-15-6-4-3-5-7-15)11-10-18-17-9-8-16(23-2)12-19(17)22-21(14)18/h3-12,22H,13H2,1-2H3. The second-order valence-electron chi connectivity index (χ2n) is 5.92. The maximum Gasteiger partial charge on any atom is 0.124 e. The molecule has 0 bridgehead atoms. The van der Waals surface area contributed by atoms with Crippen LogP contribution >= 0.6 is 0 Å². The van der Waals surface area contributed by atoms with Crippen LogP contribution in [0, 0.1) is 6.92 Å². The Hall–Kier alpha value is -2.94. The molecule has 3 nitrogen and oxygen atoms in total. The maximum absolute atomic E-state index is 6.03. The van der Waals surface area contributed by atoms with Crippen molar-refractivity contribution < 1.29 is 9.47 Å². The Morgan fingerprint density at radius 2 is 1.71 bits per heavy atom. The lowest BCUT2D eigenvalue weighted by molar-refractivity contribution is 0.304. The number of ether oxygens (including phenoxy) is 2. The quantitative estimate of drug-likeness (QED) is 0.560. The molecule has 24 heavy (non-hydrogen) atoms. The number of fused-ring (bicyclic) bond motifs is 3. The van der Waals surface area contributed by atoms with E-state index in [1.807, 2.05) is 30.3 Å². The van der Waals surface area contributed by atoms with Gasteiger partial charge in [-0.1, -0.05) is 30.3 Å². The smallest absolute Gasteiger partial charge is 0.124 e. The number of H-pyrrole nitrogens is 1. The van der Waals surface area contributed by atoms with E-state index < -0.39 is 0 Å². The summed E-state index contributed by atoms with van der Waals surface area (Å²) in [7, 11) is 1.69. The van der Waals surface area contributed by atoms with E-state index in [-0.39, 0.29) is 0 Å². The van der Waals surface area contributed by atoms with Crippen molar-refractivity contribution >= 4 is 21.8 Å². The van der Waals surface area contributed by atoms with Gasteiger partial charge in [0.15, 0.2) is 0 Å². The van der Waals surface area contributed by atoms with Crippen LogP contribution in [0.3, 0.4) is 0 Å². The Labute approximate surface area is 140 Å². The summed E-state index contributed by atoms with van der Waals surface area (Å²) >= 11 is 0. The van der Waals surface area contributed by atoms with E-state index in [4.69, 9.17) is 9.47 Å². The van der Waals surface area contributed by atoms with E-state index in [0.29, 0.717) is 6.61 Å². The van der Waals surface area contributed by atoms with Gasteiger partial charge in [-0.3, -0.25) is 0 Å². The predicted molar refractivity (Wildman–Crippen MR) is 97.9 cm³/mol. The SMILES string of the molecule is COc1ccc2c(c1)[nH]c1c(C)c(OCc3ccccc3)ccc12. The van der Waals surface area contributed by atoms with Gasteiger partial charge in [0.25, 0.3) is 0 Å². The summed E-state index contributed by atoms with van der Waals surface area (Å²) in [4.78, 5) is 3.50. The van der Waals surface area contributed by atoms with E-state index in [1.54, 1.807) is 7.11 Å². The average molecular weight is 317 g/mol. The first-order valence-corrected chi connectivity index (χ1v) is 8.02. The number of methoxy groups -OCH3 is 1. The van der Waals surface area contributed by atoms with Crippen molar-refractivity contribution in [1.82, 2.24) is 4.98 Å². The second-order valence-corrected chi connectivity index (χ2v) is 5.92. The van der Waals surface area contributed by atoms with Gasteiger partial charge in [0.05, 0.1) is 18.1 Å². The molecular weight excluding hydrogens is 298 g/mol. The first-order valence-electron chi connectivity index (χ1n) is 8.02. The van der Waals surface area contributed by atoms with Gasteiger partial charge >= 0.3 is 0 Å². The van der Waals surface area contributed by atoms with Crippen LogP contribution in [0.2, 0.25) is 0 Å². The molecule has 0 fully saturated rings. The highest BCUT2D eigenvalue weighted by atomic mass is 16.5. The maximum atomic E-state index is 6.03. The fourth-order valence-electron chi connectivity index (χ4n) is 3.09. The summed E-state index contributed by atoms with van der Waals surface area (Å²) in [5.41, 5.74) is 4.48. The van der Waals surface area contributed by atoms with Crippen molar-refractivity contribution in [2.24, 2.45) is 0 Å². The summed E-state index contributed by atoms with van der Waals surface area (Å²) in [5, 5.41) is 2.40. The van der Waals surface area contributed by atoms with Gasteiger partial charge < -0.3 is 14.5 Å². The molecule has 1 aromatic heterocycles. The van der Waals surface area contributed by atoms with Gasteiger partial charge in [-0.15, -0.1) is 0 Å². The zero-order chi connectivity index (χ0) is 16.5. The van der Waals surface area contributed by atoms with E-state index >= 15 is 0 Å². The minimum Gasteiger partial charge on any atom is -0.497 e. The van der Waals surface area contributed by atoms with Crippen molar-refractivity contribution in [3.63, 3.8) is 0 Å². The third kappa shape index (κ3) is 2.48. The molecule has 120 valence electrons. The van der Waals surface area contributed by atoms with Gasteiger partial charge in [-0.2, -0.15) is 0 Å². The number of hydrogen-bond donors (Lipinski definition) is 1. The molecule has 4 rings (SSSR count). The van der Waals surface area contributed by atoms with Crippen LogP contribution in [0.1, 0.15) is 11.1 Å². The summed E-state index contributed by atoms with van der Waals surface area (Å²) in [5.74, 6) is 1.76. The van der Waals surface area contributed by atoms with Gasteiger partial charge in [0, 0.05) is 22.4 Å². The lowest BCUT2D eigenvalue weighted by Gasteiger charge is -2.10. The van der Waals surface area contributed by atoms with Crippen LogP contribution in [0.4, 0.5) is 0 Å². The lowest BCUT2D eigenvalue weighted by atomic mass is 10.1. The Bertz CT molecular complexity index is 1000. The van der Waals surface area contributed by atoms with Crippen molar-refractivity contribution in [2.45, 2.75) is 13.5 Å². The summed E-state index contributed by atoms with van der Waals surface area (Å²) < 4.78 is 11.3. The summed E-state index contributed by atoms with van der Waals surface area (Å²) in [6, 6.07) is 20.5. The van der Waals surface area contributed by atoms with Crippen LogP contribution in [-0.2, 0) is 6.61 Å². The Morgan fingerprint density at radius 1 is 0.917 bits per heavy atom. The molecular formula is C21H19NO2. The first kappa shape index (κ1) is 14.6. The minimum absolute atomic E-state index is 0.571. The molecule has 3 heteroatoms. The minimum atomic E-state index is 0.571. The molecule has 0 unspecified atom stereocenters. The molecule has 1 heterocycles. The molecule has 0 aliphatic rings. The van der Waals surface area contributed by atoms with Crippen LogP contribution in [0.15, 0.2) is 60.7 Å². The Balaban J connectivity index is 1.73. The third-order valence-corrected chi connectivity index (χ3v) is 4.43. The normalized spacial score (nSPS) is 11.1. The Kier molecular flexibility index (Phi) is 3.62. The van der Waals surface area contributed by atoms with Gasteiger partial charge in [0.2, 0.25) is 0 Å². The molecule has 0 aliphatic carbocycles. The molecule has 3 aromatic carbocycles. The molecule has 1 N–H and O–H groups in total. The molecule has 0 spiro atoms. The highest BCUT2D eigenvalue weighted by Crippen LogP contribution is 2.34. The predicted octanol–water partition coefficient (Wildman–Crippen LogP) is 5.22. The van der Waals surface area contributed by atoms with Crippen molar-refractivity contribution in [3.8, 4) is 11.5 Å². The highest BCUT2D eigenvalue weighted by molar-refractivity contribution is 6.09. The molecule has 0 atom stereocenters. The Morgan fingerprint density at radius 3 is 2.50 bits per heavy atom. The van der Waals surface area contributed by atoms with Crippen molar-refractivity contribution in [3.05, 3.63) is 71.8 Å². The highest BCUT2D eigenvalue weighted by Gasteiger charge is 2.11. The number of nitrogens with one attached hydrogen (secondary N) is 1. The number of aromatic nitrogens is 1. The first-order chi connectivity index (χ1) is 11.8. The average Bonchev–Trinajstić information content (AvgIpc) is 3.00. The largest absolute Gasteiger partial charge is 0.497 e. The molecule has 0 radical (unpaired) electrons. The van der Waals surface area contributed by atoms with E-state index in [1.165, 1.54) is 16.3 Å². The molecule has 4 aromatic rings. The van der Waals surface area contributed by atoms with Crippen molar-refractivity contribution in [2.75, 3.05) is 7.11 Å². The van der Waals surface area contributed by atoms with Crippen LogP contribution in [-0.4, -0.2) is 12.1 Å². The number of hydrogen-bond acceptors (Lipinski definition) is 2. The van der Waals surface area contributed by atoms with Crippen LogP contribution < -0.4 is 9.47 Å². The molecule has 0 aliphatic heterocycles. The van der Waals surface area contributed by atoms with Gasteiger partial charge in [-0.25, -0.2) is 0 Å². The summed E-state index contributed by atoms with van der Waals surface area (Å²) in [6.45, 7) is 2.66. The fourth-order valence-corrected chi connectivity index (χ4v) is 3.09.